The maximum Gasteiger partial charge on any atom is 0.142 e. The molecule has 4 rings (SSSR count). The van der Waals surface area contributed by atoms with E-state index in [1.165, 1.54) is 0 Å². The number of aromatic nitrogens is 3. The quantitative estimate of drug-likeness (QED) is 0.878. The van der Waals surface area contributed by atoms with Gasteiger partial charge in [0.1, 0.15) is 17.8 Å². The Morgan fingerprint density at radius 1 is 1.48 bits per heavy atom. The van der Waals surface area contributed by atoms with Crippen LogP contribution in [0.4, 0.5) is 5.82 Å². The predicted molar refractivity (Wildman–Crippen MR) is 97.1 cm³/mol. The van der Waals surface area contributed by atoms with E-state index in [1.54, 1.807) is 6.33 Å². The maximum atomic E-state index is 12.4. The number of aromatic amines is 1. The van der Waals surface area contributed by atoms with Crippen LogP contribution in [-0.4, -0.2) is 55.4 Å². The summed E-state index contributed by atoms with van der Waals surface area (Å²) in [7, 11) is 1.11. The summed E-state index contributed by atoms with van der Waals surface area (Å²) in [4.78, 5) is 14.0. The third kappa shape index (κ3) is 2.92. The molecule has 0 aromatic carbocycles. The van der Waals surface area contributed by atoms with E-state index >= 15 is 0 Å². The van der Waals surface area contributed by atoms with Crippen molar-refractivity contribution in [3.63, 3.8) is 0 Å². The number of hydrogen-bond acceptors (Lipinski definition) is 5. The number of anilines is 1. The summed E-state index contributed by atoms with van der Waals surface area (Å²) in [5.74, 6) is 2.13. The van der Waals surface area contributed by atoms with Crippen LogP contribution < -0.4 is 4.90 Å². The summed E-state index contributed by atoms with van der Waals surface area (Å²) < 4.78 is 14.3. The maximum absolute atomic E-state index is 12.4. The number of fused-ring (bicyclic) bond motifs is 1. The van der Waals surface area contributed by atoms with Gasteiger partial charge in [0.2, 0.25) is 0 Å². The second kappa shape index (κ2) is 6.07. The Morgan fingerprint density at radius 3 is 2.96 bits per heavy atom. The van der Waals surface area contributed by atoms with E-state index in [-0.39, 0.29) is 5.41 Å². The Bertz CT molecular complexity index is 846. The first-order valence-corrected chi connectivity index (χ1v) is 9.82. The Morgan fingerprint density at radius 2 is 2.24 bits per heavy atom. The predicted octanol–water partition coefficient (Wildman–Crippen LogP) is 1.68. The summed E-state index contributed by atoms with van der Waals surface area (Å²) in [6, 6.07) is 4.73. The zero-order valence-corrected chi connectivity index (χ0v) is 15.3. The molecule has 0 bridgehead atoms. The average molecular weight is 358 g/mol. The number of nitrogens with zero attached hydrogens (tertiary/aromatic N) is 5. The Labute approximate surface area is 149 Å². The third-order valence-corrected chi connectivity index (χ3v) is 7.00. The van der Waals surface area contributed by atoms with Crippen molar-refractivity contribution < 1.29 is 4.21 Å². The lowest BCUT2D eigenvalue weighted by molar-refractivity contribution is 0.155. The van der Waals surface area contributed by atoms with Crippen LogP contribution in [0.25, 0.3) is 11.0 Å². The van der Waals surface area contributed by atoms with Crippen molar-refractivity contribution in [3.05, 3.63) is 18.6 Å². The van der Waals surface area contributed by atoms with E-state index < -0.39 is 11.0 Å². The van der Waals surface area contributed by atoms with Crippen LogP contribution in [0, 0.1) is 22.7 Å². The highest BCUT2D eigenvalue weighted by atomic mass is 32.2. The molecule has 1 N–H and O–H groups in total. The molecule has 2 fully saturated rings. The average Bonchev–Trinajstić information content (AvgIpc) is 3.02. The van der Waals surface area contributed by atoms with E-state index in [2.05, 4.69) is 33.0 Å². The van der Waals surface area contributed by atoms with Crippen LogP contribution in [0.2, 0.25) is 0 Å². The van der Waals surface area contributed by atoms with Crippen LogP contribution in [0.3, 0.4) is 0 Å². The van der Waals surface area contributed by atoms with Gasteiger partial charge in [-0.1, -0.05) is 0 Å². The molecule has 0 amide bonds. The summed E-state index contributed by atoms with van der Waals surface area (Å²) in [6.07, 6.45) is 5.53. The van der Waals surface area contributed by atoms with Gasteiger partial charge in [-0.25, -0.2) is 18.5 Å². The van der Waals surface area contributed by atoms with Gasteiger partial charge in [-0.3, -0.25) is 0 Å². The molecule has 7 nitrogen and oxygen atoms in total. The van der Waals surface area contributed by atoms with Crippen molar-refractivity contribution in [1.82, 2.24) is 19.3 Å². The molecule has 25 heavy (non-hydrogen) atoms. The van der Waals surface area contributed by atoms with Gasteiger partial charge in [0.05, 0.1) is 27.9 Å². The van der Waals surface area contributed by atoms with E-state index in [0.717, 1.165) is 29.7 Å². The van der Waals surface area contributed by atoms with Gasteiger partial charge < -0.3 is 9.88 Å². The van der Waals surface area contributed by atoms with E-state index in [4.69, 9.17) is 5.26 Å². The topological polar surface area (TPSA) is 88.9 Å². The van der Waals surface area contributed by atoms with Crippen molar-refractivity contribution >= 4 is 27.8 Å². The molecule has 2 aromatic rings. The molecule has 3 heterocycles. The fourth-order valence-corrected chi connectivity index (χ4v) is 5.46. The third-order valence-electron chi connectivity index (χ3n) is 5.41. The van der Waals surface area contributed by atoms with E-state index in [9.17, 15) is 4.21 Å². The molecule has 8 heteroatoms. The summed E-state index contributed by atoms with van der Waals surface area (Å²) in [5.41, 5.74) is 0.541. The molecule has 1 aliphatic heterocycles. The van der Waals surface area contributed by atoms with Gasteiger partial charge in [-0.15, -0.1) is 0 Å². The zero-order chi connectivity index (χ0) is 17.6. The monoisotopic (exact) mass is 358 g/mol. The minimum absolute atomic E-state index is 0.313. The van der Waals surface area contributed by atoms with Crippen LogP contribution in [0.5, 0.6) is 0 Å². The minimum atomic E-state index is -0.960. The van der Waals surface area contributed by atoms with Crippen molar-refractivity contribution in [2.75, 3.05) is 30.8 Å². The standard InChI is InChI=1S/C17H22N6OS/c1-17(8-18)9-23(10-17)25(24)7-12-5-13(6-12)22(2)16-14-3-4-19-15(14)20-11-21-16/h3-4,11-13H,5-7,9-10H2,1-2H3,(H,19,20,21). The zero-order valence-electron chi connectivity index (χ0n) is 14.5. The van der Waals surface area contributed by atoms with Gasteiger partial charge in [-0.2, -0.15) is 5.26 Å². The fraction of sp³-hybridized carbons (Fsp3) is 0.588. The molecule has 1 unspecified atom stereocenters. The van der Waals surface area contributed by atoms with Crippen LogP contribution in [0.1, 0.15) is 19.8 Å². The van der Waals surface area contributed by atoms with Gasteiger partial charge in [0.25, 0.3) is 0 Å². The number of nitrogens with one attached hydrogen (secondary N) is 1. The number of hydrogen-bond donors (Lipinski definition) is 1. The lowest BCUT2D eigenvalue weighted by Gasteiger charge is -2.45. The molecule has 2 aliphatic rings. The first-order chi connectivity index (χ1) is 12.0. The van der Waals surface area contributed by atoms with Crippen LogP contribution in [0.15, 0.2) is 18.6 Å². The first-order valence-electron chi connectivity index (χ1n) is 8.55. The van der Waals surface area contributed by atoms with Crippen molar-refractivity contribution in [2.24, 2.45) is 11.3 Å². The molecular formula is C17H22N6OS. The lowest BCUT2D eigenvalue weighted by Crippen LogP contribution is -2.55. The number of H-pyrrole nitrogens is 1. The summed E-state index contributed by atoms with van der Waals surface area (Å²) in [6.45, 7) is 3.18. The summed E-state index contributed by atoms with van der Waals surface area (Å²) in [5, 5.41) is 10.1. The molecule has 1 atom stereocenters. The highest BCUT2D eigenvalue weighted by molar-refractivity contribution is 7.82. The van der Waals surface area contributed by atoms with E-state index in [0.29, 0.717) is 30.8 Å². The van der Waals surface area contributed by atoms with Crippen molar-refractivity contribution in [2.45, 2.75) is 25.8 Å². The second-order valence-corrected chi connectivity index (χ2v) is 8.99. The highest BCUT2D eigenvalue weighted by Gasteiger charge is 2.43. The Hall–Kier alpha value is -1.98. The molecule has 0 radical (unpaired) electrons. The van der Waals surface area contributed by atoms with Gasteiger partial charge >= 0.3 is 0 Å². The van der Waals surface area contributed by atoms with Crippen molar-refractivity contribution in [1.29, 1.82) is 5.26 Å². The van der Waals surface area contributed by atoms with Crippen LogP contribution >= 0.6 is 0 Å². The molecule has 1 aliphatic carbocycles. The first kappa shape index (κ1) is 16.5. The Kier molecular flexibility index (Phi) is 4.01. The summed E-state index contributed by atoms with van der Waals surface area (Å²) >= 11 is 0. The molecular weight excluding hydrogens is 336 g/mol. The second-order valence-electron chi connectivity index (χ2n) is 7.50. The SMILES string of the molecule is CN(c1ncnc2[nH]ccc12)C1CC(CS(=O)N2CC(C)(C#N)C2)C1. The molecule has 1 saturated heterocycles. The smallest absolute Gasteiger partial charge is 0.142 e. The number of rotatable bonds is 5. The minimum Gasteiger partial charge on any atom is -0.356 e. The van der Waals surface area contributed by atoms with Crippen molar-refractivity contribution in [3.8, 4) is 6.07 Å². The fourth-order valence-electron chi connectivity index (χ4n) is 3.72. The Balaban J connectivity index is 1.31. The van der Waals surface area contributed by atoms with Gasteiger partial charge in [-0.05, 0) is 31.7 Å². The molecule has 132 valence electrons. The highest BCUT2D eigenvalue weighted by Crippen LogP contribution is 2.37. The number of nitriles is 1. The largest absolute Gasteiger partial charge is 0.356 e. The van der Waals surface area contributed by atoms with E-state index in [1.807, 2.05) is 23.5 Å². The lowest BCUT2D eigenvalue weighted by atomic mass is 9.81. The van der Waals surface area contributed by atoms with Gasteiger partial charge in [0.15, 0.2) is 0 Å². The molecule has 2 aromatic heterocycles. The van der Waals surface area contributed by atoms with Crippen LogP contribution in [-0.2, 0) is 11.0 Å². The van der Waals surface area contributed by atoms with Gasteiger partial charge in [0, 0.05) is 38.1 Å². The normalized spacial score (nSPS) is 26.4. The molecule has 1 saturated carbocycles. The molecule has 0 spiro atoms.